The maximum absolute atomic E-state index is 12.0. The highest BCUT2D eigenvalue weighted by atomic mass is 16.6. The van der Waals surface area contributed by atoms with Crippen molar-refractivity contribution in [1.29, 1.82) is 0 Å². The van der Waals surface area contributed by atoms with E-state index < -0.39 is 0 Å². The molecule has 0 N–H and O–H groups in total. The van der Waals surface area contributed by atoms with E-state index in [4.69, 9.17) is 4.74 Å². The van der Waals surface area contributed by atoms with Gasteiger partial charge >= 0.3 is 6.09 Å². The minimum atomic E-state index is -0.318. The molecule has 1 atom stereocenters. The number of rotatable bonds is 3. The summed E-state index contributed by atoms with van der Waals surface area (Å²) in [5.74, 6) is 0.424. The van der Waals surface area contributed by atoms with E-state index in [1.165, 1.54) is 11.1 Å². The first-order valence-electron chi connectivity index (χ1n) is 6.41. The number of hydrogen-bond acceptors (Lipinski definition) is 2. The summed E-state index contributed by atoms with van der Waals surface area (Å²) in [5, 5.41) is 0. The molecule has 100 valence electrons. The monoisotopic (exact) mass is 257 g/mol. The van der Waals surface area contributed by atoms with E-state index in [0.717, 1.165) is 6.42 Å². The minimum Gasteiger partial charge on any atom is -0.416 e. The van der Waals surface area contributed by atoms with Gasteiger partial charge in [-0.15, -0.1) is 0 Å². The summed E-state index contributed by atoms with van der Waals surface area (Å²) < 4.78 is 5.11. The number of hydrogen-bond donors (Lipinski definition) is 0. The van der Waals surface area contributed by atoms with Crippen molar-refractivity contribution in [3.8, 4) is 0 Å². The van der Waals surface area contributed by atoms with Crippen LogP contribution in [0.15, 0.2) is 54.3 Å². The molecule has 1 amide bonds. The van der Waals surface area contributed by atoms with Crippen LogP contribution in [0.2, 0.25) is 0 Å². The molecular weight excluding hydrogens is 238 g/mol. The minimum absolute atomic E-state index is 0.0641. The van der Waals surface area contributed by atoms with Gasteiger partial charge < -0.3 is 4.74 Å². The molecule has 0 fully saturated rings. The molecule has 3 heteroatoms. The van der Waals surface area contributed by atoms with Gasteiger partial charge in [0.15, 0.2) is 0 Å². The lowest BCUT2D eigenvalue weighted by Gasteiger charge is -2.24. The Labute approximate surface area is 114 Å². The molecule has 1 aromatic rings. The maximum atomic E-state index is 12.0. The third-order valence-electron chi connectivity index (χ3n) is 3.08. The van der Waals surface area contributed by atoms with Crippen LogP contribution in [0.3, 0.4) is 0 Å². The van der Waals surface area contributed by atoms with E-state index in [2.05, 4.69) is 24.8 Å². The molecule has 0 aliphatic carbocycles. The lowest BCUT2D eigenvalue weighted by Crippen LogP contribution is -2.37. The number of ether oxygens (including phenoxy) is 1. The summed E-state index contributed by atoms with van der Waals surface area (Å²) >= 11 is 0. The number of carbonyl (C=O) groups excluding carboxylic acids is 1. The smallest absolute Gasteiger partial charge is 0.415 e. The van der Waals surface area contributed by atoms with Crippen molar-refractivity contribution in [3.63, 3.8) is 0 Å². The van der Waals surface area contributed by atoms with Gasteiger partial charge in [-0.05, 0) is 25.8 Å². The van der Waals surface area contributed by atoms with Gasteiger partial charge in [-0.2, -0.15) is 0 Å². The van der Waals surface area contributed by atoms with Crippen molar-refractivity contribution < 1.29 is 9.53 Å². The second-order valence-electron chi connectivity index (χ2n) is 4.97. The predicted octanol–water partition coefficient (Wildman–Crippen LogP) is 3.53. The van der Waals surface area contributed by atoms with Crippen molar-refractivity contribution in [1.82, 2.24) is 4.90 Å². The zero-order valence-electron chi connectivity index (χ0n) is 11.4. The normalized spacial score (nSPS) is 18.1. The standard InChI is InChI=1S/C16H19NO2/c1-12(2)19-16(18)17-11-13(3)9-15(17)10-14-7-5-4-6-8-14/h4-9,15H,1,10-11H2,2-3H3. The Morgan fingerprint density at radius 1 is 1.42 bits per heavy atom. The summed E-state index contributed by atoms with van der Waals surface area (Å²) in [4.78, 5) is 13.8. The molecule has 1 aliphatic rings. The number of benzene rings is 1. The van der Waals surface area contributed by atoms with Crippen LogP contribution in [0.25, 0.3) is 0 Å². The highest BCUT2D eigenvalue weighted by Gasteiger charge is 2.28. The molecule has 1 heterocycles. The molecule has 3 nitrogen and oxygen atoms in total. The Morgan fingerprint density at radius 2 is 2.11 bits per heavy atom. The van der Waals surface area contributed by atoms with Gasteiger partial charge in [0, 0.05) is 6.54 Å². The van der Waals surface area contributed by atoms with Gasteiger partial charge in [0.1, 0.15) is 0 Å². The zero-order chi connectivity index (χ0) is 13.8. The largest absolute Gasteiger partial charge is 0.416 e. The molecule has 0 saturated heterocycles. The molecule has 1 aromatic carbocycles. The molecule has 0 spiro atoms. The number of amides is 1. The van der Waals surface area contributed by atoms with Gasteiger partial charge in [0.25, 0.3) is 0 Å². The van der Waals surface area contributed by atoms with Crippen LogP contribution in [-0.2, 0) is 11.2 Å². The van der Waals surface area contributed by atoms with Gasteiger partial charge in [-0.1, -0.05) is 48.6 Å². The second kappa shape index (κ2) is 5.74. The van der Waals surface area contributed by atoms with Crippen molar-refractivity contribution in [2.45, 2.75) is 26.3 Å². The molecule has 1 unspecified atom stereocenters. The fraction of sp³-hybridized carbons (Fsp3) is 0.312. The first-order chi connectivity index (χ1) is 9.06. The Morgan fingerprint density at radius 3 is 2.74 bits per heavy atom. The van der Waals surface area contributed by atoms with Crippen LogP contribution in [0.5, 0.6) is 0 Å². The Bertz CT molecular complexity index is 505. The first-order valence-corrected chi connectivity index (χ1v) is 6.41. The maximum Gasteiger partial charge on any atom is 0.415 e. The van der Waals surface area contributed by atoms with Gasteiger partial charge in [-0.25, -0.2) is 4.79 Å². The Hall–Kier alpha value is -2.03. The average Bonchev–Trinajstić information content (AvgIpc) is 2.71. The fourth-order valence-electron chi connectivity index (χ4n) is 2.29. The summed E-state index contributed by atoms with van der Waals surface area (Å²) in [6, 6.07) is 10.2. The van der Waals surface area contributed by atoms with E-state index in [9.17, 15) is 4.79 Å². The molecule has 2 rings (SSSR count). The number of nitrogens with zero attached hydrogens (tertiary/aromatic N) is 1. The van der Waals surface area contributed by atoms with E-state index in [-0.39, 0.29) is 12.1 Å². The van der Waals surface area contributed by atoms with Crippen LogP contribution < -0.4 is 0 Å². The molecule has 0 bridgehead atoms. The van der Waals surface area contributed by atoms with Crippen molar-refractivity contribution >= 4 is 6.09 Å². The Balaban J connectivity index is 2.08. The zero-order valence-corrected chi connectivity index (χ0v) is 11.4. The van der Waals surface area contributed by atoms with E-state index in [0.29, 0.717) is 12.3 Å². The van der Waals surface area contributed by atoms with Gasteiger partial charge in [-0.3, -0.25) is 4.90 Å². The third-order valence-corrected chi connectivity index (χ3v) is 3.08. The van der Waals surface area contributed by atoms with Crippen LogP contribution >= 0.6 is 0 Å². The highest BCUT2D eigenvalue weighted by molar-refractivity contribution is 5.70. The first kappa shape index (κ1) is 13.4. The number of carbonyl (C=O) groups is 1. The fourth-order valence-corrected chi connectivity index (χ4v) is 2.29. The Kier molecular flexibility index (Phi) is 4.05. The number of allylic oxidation sites excluding steroid dienone is 1. The summed E-state index contributed by atoms with van der Waals surface area (Å²) in [7, 11) is 0. The topological polar surface area (TPSA) is 29.5 Å². The average molecular weight is 257 g/mol. The molecule has 1 aliphatic heterocycles. The van der Waals surface area contributed by atoms with Gasteiger partial charge in [0.2, 0.25) is 0 Å². The predicted molar refractivity (Wildman–Crippen MR) is 75.7 cm³/mol. The van der Waals surface area contributed by atoms with Crippen molar-refractivity contribution in [3.05, 3.63) is 59.9 Å². The van der Waals surface area contributed by atoms with Gasteiger partial charge in [0.05, 0.1) is 11.8 Å². The summed E-state index contributed by atoms with van der Waals surface area (Å²) in [6.45, 7) is 7.95. The van der Waals surface area contributed by atoms with E-state index >= 15 is 0 Å². The molecule has 0 saturated carbocycles. The second-order valence-corrected chi connectivity index (χ2v) is 4.97. The van der Waals surface area contributed by atoms with Crippen LogP contribution in [-0.4, -0.2) is 23.6 Å². The molecule has 19 heavy (non-hydrogen) atoms. The van der Waals surface area contributed by atoms with Crippen LogP contribution in [0, 0.1) is 0 Å². The summed E-state index contributed by atoms with van der Waals surface area (Å²) in [6.07, 6.45) is 2.62. The van der Waals surface area contributed by atoms with Crippen LogP contribution in [0.1, 0.15) is 19.4 Å². The van der Waals surface area contributed by atoms with Crippen molar-refractivity contribution in [2.24, 2.45) is 0 Å². The van der Waals surface area contributed by atoms with Crippen LogP contribution in [0.4, 0.5) is 4.79 Å². The summed E-state index contributed by atoms with van der Waals surface area (Å²) in [5.41, 5.74) is 2.41. The van der Waals surface area contributed by atoms with Crippen molar-refractivity contribution in [2.75, 3.05) is 6.54 Å². The lowest BCUT2D eigenvalue weighted by molar-refractivity contribution is 0.127. The van der Waals surface area contributed by atoms with E-state index in [1.807, 2.05) is 25.1 Å². The van der Waals surface area contributed by atoms with E-state index in [1.54, 1.807) is 11.8 Å². The highest BCUT2D eigenvalue weighted by Crippen LogP contribution is 2.21. The molecule has 0 aromatic heterocycles. The third kappa shape index (κ3) is 3.47. The SMILES string of the molecule is C=C(C)OC(=O)N1CC(C)=CC1Cc1ccccc1. The molecule has 0 radical (unpaired) electrons. The quantitative estimate of drug-likeness (QED) is 0.612. The lowest BCUT2D eigenvalue weighted by atomic mass is 10.1. The molecular formula is C16H19NO2.